The molecular formula is C13H20O2. The molecule has 0 saturated heterocycles. The van der Waals surface area contributed by atoms with Gasteiger partial charge in [0.15, 0.2) is 0 Å². The highest BCUT2D eigenvalue weighted by molar-refractivity contribution is 5.37. The van der Waals surface area contributed by atoms with Crippen LogP contribution in [-0.2, 0) is 0 Å². The first-order valence-corrected chi connectivity index (χ1v) is 5.49. The third-order valence-electron chi connectivity index (χ3n) is 2.43. The maximum Gasteiger partial charge on any atom is 0.122 e. The fourth-order valence-electron chi connectivity index (χ4n) is 1.44. The Morgan fingerprint density at radius 1 is 1.33 bits per heavy atom. The zero-order valence-electron chi connectivity index (χ0n) is 9.79. The van der Waals surface area contributed by atoms with Gasteiger partial charge < -0.3 is 9.84 Å². The van der Waals surface area contributed by atoms with E-state index in [-0.39, 0.29) is 6.61 Å². The minimum Gasteiger partial charge on any atom is -0.493 e. The highest BCUT2D eigenvalue weighted by Crippen LogP contribution is 2.23. The van der Waals surface area contributed by atoms with Gasteiger partial charge in [-0.1, -0.05) is 26.0 Å². The van der Waals surface area contributed by atoms with Crippen molar-refractivity contribution in [1.29, 1.82) is 0 Å². The molecule has 1 rings (SSSR count). The van der Waals surface area contributed by atoms with Crippen molar-refractivity contribution in [2.45, 2.75) is 33.1 Å². The average Bonchev–Trinajstić information content (AvgIpc) is 2.20. The topological polar surface area (TPSA) is 29.5 Å². The maximum atomic E-state index is 8.65. The molecule has 0 aromatic heterocycles. The highest BCUT2D eigenvalue weighted by atomic mass is 16.5. The van der Waals surface area contributed by atoms with Crippen LogP contribution in [0.15, 0.2) is 18.2 Å². The Hall–Kier alpha value is -1.02. The van der Waals surface area contributed by atoms with Crippen molar-refractivity contribution in [3.8, 4) is 5.75 Å². The van der Waals surface area contributed by atoms with Gasteiger partial charge in [0.25, 0.3) is 0 Å². The quantitative estimate of drug-likeness (QED) is 0.754. The summed E-state index contributed by atoms with van der Waals surface area (Å²) in [6, 6.07) is 6.28. The Labute approximate surface area is 91.9 Å². The Morgan fingerprint density at radius 2 is 2.07 bits per heavy atom. The van der Waals surface area contributed by atoms with Crippen molar-refractivity contribution in [2.24, 2.45) is 0 Å². The van der Waals surface area contributed by atoms with Gasteiger partial charge in [-0.3, -0.25) is 0 Å². The van der Waals surface area contributed by atoms with E-state index < -0.39 is 0 Å². The molecule has 1 aromatic carbocycles. The Morgan fingerprint density at radius 3 is 2.60 bits per heavy atom. The molecule has 0 fully saturated rings. The molecule has 15 heavy (non-hydrogen) atoms. The molecule has 0 radical (unpaired) electrons. The van der Waals surface area contributed by atoms with Gasteiger partial charge in [-0.15, -0.1) is 0 Å². The first-order valence-electron chi connectivity index (χ1n) is 5.49. The molecule has 1 N–H and O–H groups in total. The fourth-order valence-corrected chi connectivity index (χ4v) is 1.44. The molecule has 2 nitrogen and oxygen atoms in total. The van der Waals surface area contributed by atoms with Gasteiger partial charge in [-0.05, 0) is 30.0 Å². The maximum absolute atomic E-state index is 8.65. The largest absolute Gasteiger partial charge is 0.493 e. The van der Waals surface area contributed by atoms with Crippen LogP contribution in [0.3, 0.4) is 0 Å². The van der Waals surface area contributed by atoms with Crippen LogP contribution in [-0.4, -0.2) is 18.3 Å². The van der Waals surface area contributed by atoms with Crippen molar-refractivity contribution < 1.29 is 9.84 Å². The van der Waals surface area contributed by atoms with Crippen LogP contribution in [0.2, 0.25) is 0 Å². The lowest BCUT2D eigenvalue weighted by Crippen LogP contribution is -2.01. The van der Waals surface area contributed by atoms with Crippen molar-refractivity contribution >= 4 is 0 Å². The second kappa shape index (κ2) is 5.76. The van der Waals surface area contributed by atoms with Crippen LogP contribution in [0.25, 0.3) is 0 Å². The van der Waals surface area contributed by atoms with Crippen LogP contribution in [0, 0.1) is 6.92 Å². The van der Waals surface area contributed by atoms with E-state index in [1.165, 1.54) is 11.1 Å². The molecule has 0 aliphatic rings. The van der Waals surface area contributed by atoms with Crippen LogP contribution in [0.4, 0.5) is 0 Å². The van der Waals surface area contributed by atoms with E-state index in [0.29, 0.717) is 18.9 Å². The zero-order valence-corrected chi connectivity index (χ0v) is 9.79. The molecule has 0 aliphatic heterocycles. The third kappa shape index (κ3) is 3.56. The summed E-state index contributed by atoms with van der Waals surface area (Å²) in [5, 5.41) is 8.65. The number of hydrogen-bond donors (Lipinski definition) is 1. The smallest absolute Gasteiger partial charge is 0.122 e. The summed E-state index contributed by atoms with van der Waals surface area (Å²) in [6.45, 7) is 7.18. The van der Waals surface area contributed by atoms with Gasteiger partial charge in [0.05, 0.1) is 6.61 Å². The van der Waals surface area contributed by atoms with Crippen LogP contribution >= 0.6 is 0 Å². The van der Waals surface area contributed by atoms with Gasteiger partial charge in [-0.2, -0.15) is 0 Å². The summed E-state index contributed by atoms with van der Waals surface area (Å²) < 4.78 is 5.55. The van der Waals surface area contributed by atoms with E-state index in [9.17, 15) is 0 Å². The standard InChI is InChI=1S/C13H20O2/c1-10(2)12-5-6-13(11(3)9-12)15-8-4-7-14/h5-6,9-10,14H,4,7-8H2,1-3H3. The number of aliphatic hydroxyl groups excluding tert-OH is 1. The number of aliphatic hydroxyl groups is 1. The summed E-state index contributed by atoms with van der Waals surface area (Å²) in [5.41, 5.74) is 2.50. The van der Waals surface area contributed by atoms with Gasteiger partial charge in [0, 0.05) is 13.0 Å². The van der Waals surface area contributed by atoms with Gasteiger partial charge in [-0.25, -0.2) is 0 Å². The van der Waals surface area contributed by atoms with Crippen LogP contribution in [0.5, 0.6) is 5.75 Å². The number of aryl methyl sites for hydroxylation is 1. The normalized spacial score (nSPS) is 10.7. The lowest BCUT2D eigenvalue weighted by molar-refractivity contribution is 0.233. The summed E-state index contributed by atoms with van der Waals surface area (Å²) in [4.78, 5) is 0. The predicted molar refractivity (Wildman–Crippen MR) is 62.5 cm³/mol. The van der Waals surface area contributed by atoms with Gasteiger partial charge >= 0.3 is 0 Å². The molecule has 0 spiro atoms. The molecule has 1 aromatic rings. The zero-order chi connectivity index (χ0) is 11.3. The molecule has 0 aliphatic carbocycles. The second-order valence-electron chi connectivity index (χ2n) is 4.11. The van der Waals surface area contributed by atoms with Crippen molar-refractivity contribution in [3.05, 3.63) is 29.3 Å². The van der Waals surface area contributed by atoms with E-state index in [1.54, 1.807) is 0 Å². The summed E-state index contributed by atoms with van der Waals surface area (Å²) in [6.07, 6.45) is 0.686. The molecule has 0 heterocycles. The third-order valence-corrected chi connectivity index (χ3v) is 2.43. The number of benzene rings is 1. The minimum absolute atomic E-state index is 0.184. The predicted octanol–water partition coefficient (Wildman–Crippen LogP) is 2.88. The monoisotopic (exact) mass is 208 g/mol. The van der Waals surface area contributed by atoms with E-state index >= 15 is 0 Å². The lowest BCUT2D eigenvalue weighted by atomic mass is 10.0. The number of hydrogen-bond acceptors (Lipinski definition) is 2. The summed E-state index contributed by atoms with van der Waals surface area (Å²) >= 11 is 0. The first kappa shape index (κ1) is 12.1. The van der Waals surface area contributed by atoms with Crippen LogP contribution < -0.4 is 4.74 Å². The summed E-state index contributed by atoms with van der Waals surface area (Å²) in [7, 11) is 0. The molecule has 84 valence electrons. The fraction of sp³-hybridized carbons (Fsp3) is 0.538. The highest BCUT2D eigenvalue weighted by Gasteiger charge is 2.03. The summed E-state index contributed by atoms with van der Waals surface area (Å²) in [5.74, 6) is 1.48. The van der Waals surface area contributed by atoms with E-state index in [4.69, 9.17) is 9.84 Å². The van der Waals surface area contributed by atoms with Gasteiger partial charge in [0.1, 0.15) is 5.75 Å². The molecule has 0 atom stereocenters. The molecule has 0 saturated carbocycles. The number of rotatable bonds is 5. The minimum atomic E-state index is 0.184. The average molecular weight is 208 g/mol. The Bertz CT molecular complexity index is 305. The lowest BCUT2D eigenvalue weighted by Gasteiger charge is -2.11. The van der Waals surface area contributed by atoms with Crippen molar-refractivity contribution in [3.63, 3.8) is 0 Å². The number of ether oxygens (including phenoxy) is 1. The van der Waals surface area contributed by atoms with Crippen molar-refractivity contribution in [1.82, 2.24) is 0 Å². The molecule has 0 unspecified atom stereocenters. The van der Waals surface area contributed by atoms with Crippen LogP contribution in [0.1, 0.15) is 37.3 Å². The molecule has 0 bridgehead atoms. The first-order chi connectivity index (χ1) is 7.15. The molecule has 0 amide bonds. The molecule has 2 heteroatoms. The van der Waals surface area contributed by atoms with E-state index in [1.807, 2.05) is 6.07 Å². The van der Waals surface area contributed by atoms with Crippen molar-refractivity contribution in [2.75, 3.05) is 13.2 Å². The SMILES string of the molecule is Cc1cc(C(C)C)ccc1OCCCO. The van der Waals surface area contributed by atoms with E-state index in [0.717, 1.165) is 5.75 Å². The molecular weight excluding hydrogens is 188 g/mol. The van der Waals surface area contributed by atoms with E-state index in [2.05, 4.69) is 32.9 Å². The Balaban J connectivity index is 2.66. The Kier molecular flexibility index (Phi) is 4.63. The second-order valence-corrected chi connectivity index (χ2v) is 4.11. The van der Waals surface area contributed by atoms with Gasteiger partial charge in [0.2, 0.25) is 0 Å².